The van der Waals surface area contributed by atoms with Gasteiger partial charge in [0.05, 0.1) is 17.2 Å². The van der Waals surface area contributed by atoms with Gasteiger partial charge >= 0.3 is 0 Å². The Bertz CT molecular complexity index is 930. The summed E-state index contributed by atoms with van der Waals surface area (Å²) in [6, 6.07) is 9.66. The molecular formula is C16H18N4O2S2. The third kappa shape index (κ3) is 3.54. The average Bonchev–Trinajstić information content (AvgIpc) is 3.15. The first-order valence-corrected chi connectivity index (χ1v) is 10.1. The van der Waals surface area contributed by atoms with Crippen molar-refractivity contribution in [2.24, 2.45) is 0 Å². The number of benzene rings is 1. The topological polar surface area (TPSA) is 77.7 Å². The van der Waals surface area contributed by atoms with Gasteiger partial charge in [-0.05, 0) is 18.9 Å². The van der Waals surface area contributed by atoms with Crippen molar-refractivity contribution in [2.45, 2.75) is 37.7 Å². The van der Waals surface area contributed by atoms with Crippen LogP contribution in [0.2, 0.25) is 0 Å². The van der Waals surface area contributed by atoms with Crippen molar-refractivity contribution in [3.8, 4) is 0 Å². The second-order valence-electron chi connectivity index (χ2n) is 5.45. The first-order valence-electron chi connectivity index (χ1n) is 7.59. The molecule has 24 heavy (non-hydrogen) atoms. The molecule has 0 atom stereocenters. The Hall–Kier alpha value is -2.06. The Kier molecular flexibility index (Phi) is 4.77. The zero-order valence-corrected chi connectivity index (χ0v) is 15.1. The van der Waals surface area contributed by atoms with Crippen LogP contribution >= 0.6 is 11.3 Å². The van der Waals surface area contributed by atoms with Crippen molar-refractivity contribution in [1.29, 1.82) is 0 Å². The summed E-state index contributed by atoms with van der Waals surface area (Å²) < 4.78 is 27.2. The van der Waals surface area contributed by atoms with Crippen molar-refractivity contribution in [3.63, 3.8) is 0 Å². The average molecular weight is 362 g/mol. The van der Waals surface area contributed by atoms with Crippen molar-refractivity contribution < 1.29 is 8.42 Å². The fraction of sp³-hybridized carbons (Fsp3) is 0.312. The highest BCUT2D eigenvalue weighted by Gasteiger charge is 2.25. The third-order valence-corrected chi connectivity index (χ3v) is 6.18. The maximum Gasteiger partial charge on any atom is 0.250 e. The van der Waals surface area contributed by atoms with Crippen LogP contribution in [0.3, 0.4) is 0 Å². The summed E-state index contributed by atoms with van der Waals surface area (Å²) >= 11 is 1.48. The van der Waals surface area contributed by atoms with Crippen molar-refractivity contribution >= 4 is 21.2 Å². The molecule has 0 fully saturated rings. The molecule has 0 aliphatic carbocycles. The standard InChI is InChI=1S/C16H18N4O2S2/c1-3-15-17-14(10-23-15)11-24(21,22)16-19-18-12(2)20(16)9-13-7-5-4-6-8-13/h4-8,10H,3,9,11H2,1-2H3. The van der Waals surface area contributed by atoms with E-state index in [0.29, 0.717) is 18.1 Å². The van der Waals surface area contributed by atoms with E-state index in [-0.39, 0.29) is 10.9 Å². The van der Waals surface area contributed by atoms with Crippen LogP contribution < -0.4 is 0 Å². The molecule has 8 heteroatoms. The van der Waals surface area contributed by atoms with Gasteiger partial charge in [-0.3, -0.25) is 4.57 Å². The Morgan fingerprint density at radius 3 is 2.58 bits per heavy atom. The lowest BCUT2D eigenvalue weighted by molar-refractivity contribution is 0.568. The summed E-state index contributed by atoms with van der Waals surface area (Å²) in [6.45, 7) is 4.18. The molecule has 0 N–H and O–H groups in total. The molecule has 2 aromatic heterocycles. The van der Waals surface area contributed by atoms with Gasteiger partial charge in [-0.25, -0.2) is 13.4 Å². The highest BCUT2D eigenvalue weighted by molar-refractivity contribution is 7.90. The summed E-state index contributed by atoms with van der Waals surface area (Å²) in [7, 11) is -3.60. The summed E-state index contributed by atoms with van der Waals surface area (Å²) in [5, 5.41) is 10.6. The fourth-order valence-electron chi connectivity index (χ4n) is 2.38. The zero-order valence-electron chi connectivity index (χ0n) is 13.5. The molecule has 0 aliphatic heterocycles. The minimum Gasteiger partial charge on any atom is -0.298 e. The zero-order chi connectivity index (χ0) is 17.2. The molecule has 2 heterocycles. The molecule has 0 saturated heterocycles. The summed E-state index contributed by atoms with van der Waals surface area (Å²) in [5.74, 6) is 0.418. The van der Waals surface area contributed by atoms with Gasteiger partial charge in [0.15, 0.2) is 0 Å². The number of thiazole rings is 1. The maximum absolute atomic E-state index is 12.8. The van der Waals surface area contributed by atoms with Crippen LogP contribution in [0.25, 0.3) is 0 Å². The Morgan fingerprint density at radius 2 is 1.92 bits per heavy atom. The number of aromatic nitrogens is 4. The van der Waals surface area contributed by atoms with Gasteiger partial charge in [-0.15, -0.1) is 21.5 Å². The van der Waals surface area contributed by atoms with Gasteiger partial charge in [0.2, 0.25) is 15.0 Å². The van der Waals surface area contributed by atoms with Gasteiger partial charge < -0.3 is 0 Å². The van der Waals surface area contributed by atoms with Gasteiger partial charge in [-0.1, -0.05) is 37.3 Å². The number of hydrogen-bond acceptors (Lipinski definition) is 6. The molecular weight excluding hydrogens is 344 g/mol. The number of aryl methyl sites for hydroxylation is 2. The molecule has 0 spiro atoms. The molecule has 126 valence electrons. The molecule has 6 nitrogen and oxygen atoms in total. The minimum absolute atomic E-state index is 0.00472. The molecule has 1 aromatic carbocycles. The lowest BCUT2D eigenvalue weighted by atomic mass is 10.2. The summed E-state index contributed by atoms with van der Waals surface area (Å²) in [4.78, 5) is 4.34. The van der Waals surface area contributed by atoms with Gasteiger partial charge in [0.1, 0.15) is 11.6 Å². The number of hydrogen-bond donors (Lipinski definition) is 0. The lowest BCUT2D eigenvalue weighted by Gasteiger charge is -2.09. The van der Waals surface area contributed by atoms with E-state index in [0.717, 1.165) is 17.0 Å². The van der Waals surface area contributed by atoms with Crippen LogP contribution in [0.1, 0.15) is 29.0 Å². The van der Waals surface area contributed by atoms with E-state index in [9.17, 15) is 8.42 Å². The van der Waals surface area contributed by atoms with E-state index < -0.39 is 9.84 Å². The molecule has 0 amide bonds. The predicted octanol–water partition coefficient (Wildman–Crippen LogP) is 2.63. The number of sulfone groups is 1. The molecule has 0 unspecified atom stereocenters. The van der Waals surface area contributed by atoms with Crippen molar-refractivity contribution in [2.75, 3.05) is 0 Å². The molecule has 3 rings (SSSR count). The third-order valence-electron chi connectivity index (χ3n) is 3.60. The molecule has 0 bridgehead atoms. The van der Waals surface area contributed by atoms with E-state index in [1.807, 2.05) is 37.3 Å². The van der Waals surface area contributed by atoms with E-state index in [4.69, 9.17) is 0 Å². The van der Waals surface area contributed by atoms with Crippen LogP contribution in [-0.2, 0) is 28.6 Å². The van der Waals surface area contributed by atoms with E-state index in [1.165, 1.54) is 11.3 Å². The second kappa shape index (κ2) is 6.82. The SMILES string of the molecule is CCc1nc(CS(=O)(=O)c2nnc(C)n2Cc2ccccc2)cs1. The van der Waals surface area contributed by atoms with Crippen molar-refractivity contribution in [3.05, 3.63) is 57.8 Å². The normalized spacial score (nSPS) is 11.8. The summed E-state index contributed by atoms with van der Waals surface area (Å²) in [6.07, 6.45) is 0.800. The lowest BCUT2D eigenvalue weighted by Crippen LogP contribution is -2.15. The first kappa shape index (κ1) is 16.8. The molecule has 0 radical (unpaired) electrons. The van der Waals surface area contributed by atoms with Gasteiger partial charge in [-0.2, -0.15) is 0 Å². The van der Waals surface area contributed by atoms with Crippen LogP contribution in [0.4, 0.5) is 0 Å². The highest BCUT2D eigenvalue weighted by Crippen LogP contribution is 2.19. The quantitative estimate of drug-likeness (QED) is 0.674. The van der Waals surface area contributed by atoms with Gasteiger partial charge in [0.25, 0.3) is 0 Å². The van der Waals surface area contributed by atoms with E-state index in [1.54, 1.807) is 16.9 Å². The Morgan fingerprint density at radius 1 is 1.17 bits per heavy atom. The van der Waals surface area contributed by atoms with Crippen LogP contribution in [0.5, 0.6) is 0 Å². The monoisotopic (exact) mass is 362 g/mol. The summed E-state index contributed by atoms with van der Waals surface area (Å²) in [5.41, 5.74) is 1.56. The van der Waals surface area contributed by atoms with E-state index in [2.05, 4.69) is 15.2 Å². The van der Waals surface area contributed by atoms with Crippen LogP contribution in [0, 0.1) is 6.92 Å². The highest BCUT2D eigenvalue weighted by atomic mass is 32.2. The van der Waals surface area contributed by atoms with E-state index >= 15 is 0 Å². The first-order chi connectivity index (χ1) is 11.5. The molecule has 0 saturated carbocycles. The minimum atomic E-state index is -3.60. The number of rotatable bonds is 6. The smallest absolute Gasteiger partial charge is 0.250 e. The van der Waals surface area contributed by atoms with Crippen LogP contribution in [-0.4, -0.2) is 28.2 Å². The molecule has 3 aromatic rings. The molecule has 0 aliphatic rings. The fourth-order valence-corrected chi connectivity index (χ4v) is 4.59. The largest absolute Gasteiger partial charge is 0.298 e. The Balaban J connectivity index is 1.91. The number of nitrogens with zero attached hydrogens (tertiary/aromatic N) is 4. The Labute approximate surface area is 145 Å². The van der Waals surface area contributed by atoms with Crippen molar-refractivity contribution in [1.82, 2.24) is 19.7 Å². The maximum atomic E-state index is 12.8. The second-order valence-corrected chi connectivity index (χ2v) is 8.27. The predicted molar refractivity (Wildman–Crippen MR) is 92.7 cm³/mol. The van der Waals surface area contributed by atoms with Crippen LogP contribution in [0.15, 0.2) is 40.9 Å². The van der Waals surface area contributed by atoms with Gasteiger partial charge in [0, 0.05) is 5.38 Å².